The first kappa shape index (κ1) is 15.6. The highest BCUT2D eigenvalue weighted by atomic mass is 79.9. The fourth-order valence-corrected chi connectivity index (χ4v) is 2.22. The van der Waals surface area contributed by atoms with Crippen LogP contribution >= 0.6 is 15.9 Å². The van der Waals surface area contributed by atoms with Crippen LogP contribution in [0.1, 0.15) is 25.3 Å². The molecule has 0 aliphatic rings. The molecular formula is C13H14BrF2N5. The highest BCUT2D eigenvalue weighted by molar-refractivity contribution is 9.10. The highest BCUT2D eigenvalue weighted by Gasteiger charge is 2.16. The fourth-order valence-electron chi connectivity index (χ4n) is 1.90. The van der Waals surface area contributed by atoms with Gasteiger partial charge in [0.1, 0.15) is 29.6 Å². The van der Waals surface area contributed by atoms with Crippen LogP contribution in [0, 0.1) is 11.6 Å². The molecule has 21 heavy (non-hydrogen) atoms. The number of nitrogens with two attached hydrogens (primary N) is 1. The summed E-state index contributed by atoms with van der Waals surface area (Å²) in [5.74, 6) is 5.08. The minimum atomic E-state index is -0.598. The number of anilines is 3. The second-order valence-electron chi connectivity index (χ2n) is 4.65. The number of nitrogens with one attached hydrogen (secondary N) is 2. The molecule has 0 saturated heterocycles. The normalized spacial score (nSPS) is 10.8. The zero-order valence-corrected chi connectivity index (χ0v) is 13.0. The zero-order chi connectivity index (χ0) is 15.6. The molecule has 1 aromatic carbocycles. The number of halogens is 3. The van der Waals surface area contributed by atoms with Gasteiger partial charge in [-0.05, 0) is 27.9 Å². The maximum absolute atomic E-state index is 13.9. The maximum Gasteiger partial charge on any atom is 0.148 e. The van der Waals surface area contributed by atoms with Gasteiger partial charge >= 0.3 is 0 Å². The van der Waals surface area contributed by atoms with Crippen molar-refractivity contribution in [2.75, 3.05) is 10.7 Å². The van der Waals surface area contributed by atoms with Crippen molar-refractivity contribution in [1.82, 2.24) is 9.97 Å². The Morgan fingerprint density at radius 2 is 1.81 bits per heavy atom. The molecule has 0 saturated carbocycles. The Labute approximate surface area is 129 Å². The molecule has 2 aromatic rings. The van der Waals surface area contributed by atoms with Crippen molar-refractivity contribution in [2.24, 2.45) is 5.84 Å². The third-order valence-electron chi connectivity index (χ3n) is 2.86. The summed E-state index contributed by atoms with van der Waals surface area (Å²) in [6.45, 7) is 3.84. The van der Waals surface area contributed by atoms with E-state index in [1.165, 1.54) is 6.33 Å². The Hall–Kier alpha value is -1.80. The summed E-state index contributed by atoms with van der Waals surface area (Å²) >= 11 is 2.93. The van der Waals surface area contributed by atoms with Gasteiger partial charge in [-0.3, -0.25) is 0 Å². The van der Waals surface area contributed by atoms with Crippen LogP contribution in [0.15, 0.2) is 22.9 Å². The summed E-state index contributed by atoms with van der Waals surface area (Å²) in [5, 5.41) is 2.78. The first-order valence-electron chi connectivity index (χ1n) is 6.17. The number of nitrogen functional groups attached to an aromatic ring is 1. The van der Waals surface area contributed by atoms with E-state index >= 15 is 0 Å². The van der Waals surface area contributed by atoms with Crippen molar-refractivity contribution in [3.05, 3.63) is 40.1 Å². The third-order valence-corrected chi connectivity index (χ3v) is 3.47. The van der Waals surface area contributed by atoms with Gasteiger partial charge in [-0.2, -0.15) is 0 Å². The van der Waals surface area contributed by atoms with Gasteiger partial charge in [-0.15, -0.1) is 0 Å². The summed E-state index contributed by atoms with van der Waals surface area (Å²) in [6.07, 6.45) is 1.29. The topological polar surface area (TPSA) is 75.9 Å². The summed E-state index contributed by atoms with van der Waals surface area (Å²) in [6, 6.07) is 2.11. The Morgan fingerprint density at radius 3 is 2.43 bits per heavy atom. The van der Waals surface area contributed by atoms with E-state index in [9.17, 15) is 8.78 Å². The van der Waals surface area contributed by atoms with Crippen molar-refractivity contribution < 1.29 is 8.78 Å². The maximum atomic E-state index is 13.9. The summed E-state index contributed by atoms with van der Waals surface area (Å²) in [4.78, 5) is 8.09. The standard InChI is InChI=1S/C13H14BrF2N5/c1-6(2)11-12(18-5-19-13(11)21-17)20-10-4-8(15)7(14)3-9(10)16/h3-6H,17H2,1-2H3,(H2,18,19,20,21). The molecule has 0 radical (unpaired) electrons. The molecule has 4 N–H and O–H groups in total. The molecule has 1 aromatic heterocycles. The van der Waals surface area contributed by atoms with Crippen molar-refractivity contribution >= 4 is 33.3 Å². The highest BCUT2D eigenvalue weighted by Crippen LogP contribution is 2.31. The second kappa shape index (κ2) is 6.31. The Kier molecular flexibility index (Phi) is 4.69. The summed E-state index contributed by atoms with van der Waals surface area (Å²) < 4.78 is 27.5. The molecule has 0 atom stereocenters. The van der Waals surface area contributed by atoms with Gasteiger partial charge in [0, 0.05) is 11.6 Å². The second-order valence-corrected chi connectivity index (χ2v) is 5.51. The molecule has 0 amide bonds. The minimum absolute atomic E-state index is 0.0146. The van der Waals surface area contributed by atoms with E-state index in [-0.39, 0.29) is 16.1 Å². The lowest BCUT2D eigenvalue weighted by Gasteiger charge is -2.17. The van der Waals surface area contributed by atoms with E-state index < -0.39 is 11.6 Å². The van der Waals surface area contributed by atoms with E-state index in [1.54, 1.807) is 0 Å². The molecule has 1 heterocycles. The van der Waals surface area contributed by atoms with Gasteiger partial charge < -0.3 is 10.7 Å². The van der Waals surface area contributed by atoms with Gasteiger partial charge in [0.15, 0.2) is 0 Å². The predicted octanol–water partition coefficient (Wildman–Crippen LogP) is 3.67. The molecular weight excluding hydrogens is 344 g/mol. The van der Waals surface area contributed by atoms with E-state index in [1.807, 2.05) is 13.8 Å². The fraction of sp³-hybridized carbons (Fsp3) is 0.231. The molecule has 0 aliphatic carbocycles. The summed E-state index contributed by atoms with van der Waals surface area (Å²) in [5.41, 5.74) is 3.14. The lowest BCUT2D eigenvalue weighted by atomic mass is 10.0. The van der Waals surface area contributed by atoms with Crippen molar-refractivity contribution in [3.63, 3.8) is 0 Å². The van der Waals surface area contributed by atoms with Crippen LogP contribution in [-0.4, -0.2) is 9.97 Å². The van der Waals surface area contributed by atoms with Gasteiger partial charge in [0.25, 0.3) is 0 Å². The monoisotopic (exact) mass is 357 g/mol. The van der Waals surface area contributed by atoms with Crippen LogP contribution in [0.3, 0.4) is 0 Å². The Bertz CT molecular complexity index is 663. The molecule has 0 spiro atoms. The average molecular weight is 358 g/mol. The minimum Gasteiger partial charge on any atom is -0.337 e. The van der Waals surface area contributed by atoms with Gasteiger partial charge in [0.2, 0.25) is 0 Å². The van der Waals surface area contributed by atoms with Gasteiger partial charge in [-0.25, -0.2) is 24.6 Å². The number of hydrogen-bond donors (Lipinski definition) is 3. The average Bonchev–Trinajstić information content (AvgIpc) is 2.44. The van der Waals surface area contributed by atoms with Crippen LogP contribution in [0.5, 0.6) is 0 Å². The summed E-state index contributed by atoms with van der Waals surface area (Å²) in [7, 11) is 0. The SMILES string of the molecule is CC(C)c1c(NN)ncnc1Nc1cc(F)c(Br)cc1F. The Morgan fingerprint density at radius 1 is 1.14 bits per heavy atom. The van der Waals surface area contributed by atoms with Crippen LogP contribution in [0.4, 0.5) is 26.1 Å². The third kappa shape index (κ3) is 3.27. The first-order valence-corrected chi connectivity index (χ1v) is 6.96. The smallest absolute Gasteiger partial charge is 0.148 e. The number of benzene rings is 1. The van der Waals surface area contributed by atoms with Crippen molar-refractivity contribution in [1.29, 1.82) is 0 Å². The van der Waals surface area contributed by atoms with Crippen LogP contribution in [0.2, 0.25) is 0 Å². The number of aromatic nitrogens is 2. The Balaban J connectivity index is 2.47. The van der Waals surface area contributed by atoms with Gasteiger partial charge in [-0.1, -0.05) is 13.8 Å². The molecule has 0 fully saturated rings. The van der Waals surface area contributed by atoms with E-state index in [0.717, 1.165) is 12.1 Å². The molecule has 0 aliphatic heterocycles. The first-order chi connectivity index (χ1) is 9.93. The largest absolute Gasteiger partial charge is 0.337 e. The number of nitrogens with zero attached hydrogens (tertiary/aromatic N) is 2. The van der Waals surface area contributed by atoms with Gasteiger partial charge in [0.05, 0.1) is 10.2 Å². The quantitative estimate of drug-likeness (QED) is 0.442. The molecule has 112 valence electrons. The van der Waals surface area contributed by atoms with Crippen LogP contribution in [0.25, 0.3) is 0 Å². The van der Waals surface area contributed by atoms with Crippen LogP contribution in [-0.2, 0) is 0 Å². The number of hydrazine groups is 1. The van der Waals surface area contributed by atoms with E-state index in [0.29, 0.717) is 17.2 Å². The molecule has 5 nitrogen and oxygen atoms in total. The van der Waals surface area contributed by atoms with E-state index in [2.05, 4.69) is 36.6 Å². The molecule has 2 rings (SSSR count). The van der Waals surface area contributed by atoms with Crippen molar-refractivity contribution in [3.8, 4) is 0 Å². The number of rotatable bonds is 4. The molecule has 0 unspecified atom stereocenters. The molecule has 0 bridgehead atoms. The molecule has 8 heteroatoms. The zero-order valence-electron chi connectivity index (χ0n) is 11.4. The lowest BCUT2D eigenvalue weighted by molar-refractivity contribution is 0.597. The van der Waals surface area contributed by atoms with E-state index in [4.69, 9.17) is 5.84 Å². The van der Waals surface area contributed by atoms with Crippen LogP contribution < -0.4 is 16.6 Å². The predicted molar refractivity (Wildman–Crippen MR) is 81.3 cm³/mol. The lowest BCUT2D eigenvalue weighted by Crippen LogP contribution is -2.14. The number of hydrogen-bond acceptors (Lipinski definition) is 5. The van der Waals surface area contributed by atoms with Crippen molar-refractivity contribution in [2.45, 2.75) is 19.8 Å².